The molecule has 18 heavy (non-hydrogen) atoms. The lowest BCUT2D eigenvalue weighted by molar-refractivity contribution is 0.0979. The third-order valence-corrected chi connectivity index (χ3v) is 4.81. The molecule has 4 heteroatoms. The zero-order chi connectivity index (χ0) is 12.9. The van der Waals surface area contributed by atoms with E-state index in [0.29, 0.717) is 22.3 Å². The maximum Gasteiger partial charge on any atom is 0.194 e. The van der Waals surface area contributed by atoms with Crippen LogP contribution < -0.4 is 0 Å². The second kappa shape index (κ2) is 4.14. The minimum atomic E-state index is -0.103. The summed E-state index contributed by atoms with van der Waals surface area (Å²) in [5.41, 5.74) is 1.86. The molecule has 0 N–H and O–H groups in total. The molecule has 0 saturated heterocycles. The SMILES string of the molecule is O=C1c2ccccc2C(=O)c2cc(Br)c(Br)cc21. The Bertz CT molecular complexity index is 645. The summed E-state index contributed by atoms with van der Waals surface area (Å²) in [5, 5.41) is 0. The van der Waals surface area contributed by atoms with Gasteiger partial charge in [-0.15, -0.1) is 0 Å². The minimum absolute atomic E-state index is 0.103. The van der Waals surface area contributed by atoms with Gasteiger partial charge in [-0.2, -0.15) is 0 Å². The molecule has 2 aromatic carbocycles. The van der Waals surface area contributed by atoms with Crippen molar-refractivity contribution in [2.24, 2.45) is 0 Å². The second-order valence-corrected chi connectivity index (χ2v) is 5.72. The molecule has 0 fully saturated rings. The Hall–Kier alpha value is -1.26. The number of carbonyl (C=O) groups excluding carboxylic acids is 2. The lowest BCUT2D eigenvalue weighted by atomic mass is 9.84. The first-order chi connectivity index (χ1) is 8.59. The zero-order valence-electron chi connectivity index (χ0n) is 9.04. The van der Waals surface area contributed by atoms with Crippen molar-refractivity contribution in [2.75, 3.05) is 0 Å². The molecule has 1 aliphatic rings. The summed E-state index contributed by atoms with van der Waals surface area (Å²) in [6.07, 6.45) is 0. The van der Waals surface area contributed by atoms with E-state index in [1.807, 2.05) is 0 Å². The first-order valence-corrected chi connectivity index (χ1v) is 6.85. The first-order valence-electron chi connectivity index (χ1n) is 5.27. The van der Waals surface area contributed by atoms with Crippen molar-refractivity contribution in [3.8, 4) is 0 Å². The third-order valence-electron chi connectivity index (χ3n) is 2.97. The number of carbonyl (C=O) groups is 2. The van der Waals surface area contributed by atoms with E-state index >= 15 is 0 Å². The van der Waals surface area contributed by atoms with E-state index < -0.39 is 0 Å². The quantitative estimate of drug-likeness (QED) is 0.603. The molecule has 0 heterocycles. The van der Waals surface area contributed by atoms with Crippen molar-refractivity contribution in [3.63, 3.8) is 0 Å². The monoisotopic (exact) mass is 364 g/mol. The standard InChI is InChI=1S/C14H6Br2O2/c15-11-5-9-10(6-12(11)16)14(18)8-4-2-1-3-7(8)13(9)17/h1-6H. The normalized spacial score (nSPS) is 13.2. The molecule has 0 amide bonds. The fraction of sp³-hybridized carbons (Fsp3) is 0. The van der Waals surface area contributed by atoms with Gasteiger partial charge < -0.3 is 0 Å². The van der Waals surface area contributed by atoms with Gasteiger partial charge in [-0.25, -0.2) is 0 Å². The average Bonchev–Trinajstić information content (AvgIpc) is 2.38. The molecule has 0 bridgehead atoms. The highest BCUT2D eigenvalue weighted by Crippen LogP contribution is 2.33. The summed E-state index contributed by atoms with van der Waals surface area (Å²) in [5.74, 6) is -0.207. The van der Waals surface area contributed by atoms with Crippen LogP contribution in [0.25, 0.3) is 0 Å². The Balaban J connectivity index is 2.34. The van der Waals surface area contributed by atoms with Crippen molar-refractivity contribution in [1.29, 1.82) is 0 Å². The smallest absolute Gasteiger partial charge is 0.194 e. The van der Waals surface area contributed by atoms with Crippen LogP contribution in [0.5, 0.6) is 0 Å². The third kappa shape index (κ3) is 1.60. The second-order valence-electron chi connectivity index (χ2n) is 4.02. The number of fused-ring (bicyclic) bond motifs is 2. The summed E-state index contributed by atoms with van der Waals surface area (Å²) in [4.78, 5) is 24.7. The van der Waals surface area contributed by atoms with Gasteiger partial charge in [0.2, 0.25) is 0 Å². The molecule has 0 atom stereocenters. The molecule has 0 aromatic heterocycles. The summed E-state index contributed by atoms with van der Waals surface area (Å²) < 4.78 is 1.53. The van der Waals surface area contributed by atoms with Crippen molar-refractivity contribution in [2.45, 2.75) is 0 Å². The maximum absolute atomic E-state index is 12.3. The van der Waals surface area contributed by atoms with Crippen molar-refractivity contribution >= 4 is 43.4 Å². The van der Waals surface area contributed by atoms with Crippen LogP contribution >= 0.6 is 31.9 Å². The number of hydrogen-bond donors (Lipinski definition) is 0. The van der Waals surface area contributed by atoms with Gasteiger partial charge >= 0.3 is 0 Å². The van der Waals surface area contributed by atoms with E-state index in [1.54, 1.807) is 36.4 Å². The molecule has 0 radical (unpaired) electrons. The molecule has 3 rings (SSSR count). The highest BCUT2D eigenvalue weighted by Gasteiger charge is 2.29. The molecule has 1 aliphatic carbocycles. The highest BCUT2D eigenvalue weighted by molar-refractivity contribution is 9.13. The molecule has 2 aromatic rings. The lowest BCUT2D eigenvalue weighted by Crippen LogP contribution is -2.20. The van der Waals surface area contributed by atoms with Crippen LogP contribution in [0.2, 0.25) is 0 Å². The van der Waals surface area contributed by atoms with Gasteiger partial charge in [-0.3, -0.25) is 9.59 Å². The highest BCUT2D eigenvalue weighted by atomic mass is 79.9. The molecule has 0 spiro atoms. The summed E-state index contributed by atoms with van der Waals surface area (Å²) >= 11 is 6.70. The molecule has 0 saturated carbocycles. The number of rotatable bonds is 0. The van der Waals surface area contributed by atoms with E-state index in [1.165, 1.54) is 0 Å². The van der Waals surface area contributed by atoms with Gasteiger partial charge in [-0.05, 0) is 44.0 Å². The number of halogens is 2. The van der Waals surface area contributed by atoms with E-state index in [9.17, 15) is 9.59 Å². The Morgan fingerprint density at radius 3 is 1.44 bits per heavy atom. The van der Waals surface area contributed by atoms with Crippen LogP contribution in [0.1, 0.15) is 31.8 Å². The van der Waals surface area contributed by atoms with Gasteiger partial charge in [0.15, 0.2) is 11.6 Å². The van der Waals surface area contributed by atoms with Crippen molar-refractivity contribution in [1.82, 2.24) is 0 Å². The fourth-order valence-corrected chi connectivity index (χ4v) is 2.78. The first kappa shape index (κ1) is 11.8. The molecule has 0 unspecified atom stereocenters. The largest absolute Gasteiger partial charge is 0.289 e. The molecule has 88 valence electrons. The Morgan fingerprint density at radius 1 is 0.667 bits per heavy atom. The molecule has 0 aliphatic heterocycles. The van der Waals surface area contributed by atoms with Crippen LogP contribution in [0.4, 0.5) is 0 Å². The average molecular weight is 366 g/mol. The van der Waals surface area contributed by atoms with Gasteiger partial charge in [0.25, 0.3) is 0 Å². The van der Waals surface area contributed by atoms with E-state index in [0.717, 1.165) is 8.95 Å². The lowest BCUT2D eigenvalue weighted by Gasteiger charge is -2.17. The maximum atomic E-state index is 12.3. The Morgan fingerprint density at radius 2 is 1.06 bits per heavy atom. The van der Waals surface area contributed by atoms with E-state index in [2.05, 4.69) is 31.9 Å². The molecular weight excluding hydrogens is 360 g/mol. The van der Waals surface area contributed by atoms with Gasteiger partial charge in [0.1, 0.15) is 0 Å². The van der Waals surface area contributed by atoms with Gasteiger partial charge in [-0.1, -0.05) is 24.3 Å². The number of ketones is 2. The predicted molar refractivity (Wildman–Crippen MR) is 75.1 cm³/mol. The fourth-order valence-electron chi connectivity index (χ4n) is 2.09. The van der Waals surface area contributed by atoms with Gasteiger partial charge in [0, 0.05) is 31.2 Å². The van der Waals surface area contributed by atoms with Crippen LogP contribution in [0, 0.1) is 0 Å². The minimum Gasteiger partial charge on any atom is -0.289 e. The summed E-state index contributed by atoms with van der Waals surface area (Å²) in [7, 11) is 0. The molecular formula is C14H6Br2O2. The Kier molecular flexibility index (Phi) is 2.72. The van der Waals surface area contributed by atoms with Crippen molar-refractivity contribution in [3.05, 3.63) is 67.6 Å². The van der Waals surface area contributed by atoms with Gasteiger partial charge in [0.05, 0.1) is 0 Å². The van der Waals surface area contributed by atoms with Crippen LogP contribution in [0.3, 0.4) is 0 Å². The number of benzene rings is 2. The molecule has 2 nitrogen and oxygen atoms in total. The van der Waals surface area contributed by atoms with E-state index in [4.69, 9.17) is 0 Å². The zero-order valence-corrected chi connectivity index (χ0v) is 12.2. The summed E-state index contributed by atoms with van der Waals surface area (Å²) in [6.45, 7) is 0. The van der Waals surface area contributed by atoms with Crippen LogP contribution in [-0.2, 0) is 0 Å². The van der Waals surface area contributed by atoms with Crippen LogP contribution in [-0.4, -0.2) is 11.6 Å². The number of hydrogen-bond acceptors (Lipinski definition) is 2. The van der Waals surface area contributed by atoms with Crippen molar-refractivity contribution < 1.29 is 9.59 Å². The van der Waals surface area contributed by atoms with E-state index in [-0.39, 0.29) is 11.6 Å². The van der Waals surface area contributed by atoms with Crippen LogP contribution in [0.15, 0.2) is 45.3 Å². The Labute approximate surface area is 120 Å². The summed E-state index contributed by atoms with van der Waals surface area (Å²) in [6, 6.07) is 10.3. The predicted octanol–water partition coefficient (Wildman–Crippen LogP) is 3.99. The topological polar surface area (TPSA) is 34.1 Å².